The Bertz CT molecular complexity index is 580. The molecule has 2 amide bonds. The van der Waals surface area contributed by atoms with E-state index in [1.807, 2.05) is 51.1 Å². The van der Waals surface area contributed by atoms with Gasteiger partial charge in [-0.15, -0.1) is 0 Å². The molecule has 0 spiro atoms. The molecule has 0 aromatic heterocycles. The monoisotopic (exact) mass is 363 g/mol. The molecular weight excluding hydrogens is 334 g/mol. The Labute approximate surface area is 154 Å². The largest absolute Gasteiger partial charge is 0.445 e. The second kappa shape index (κ2) is 9.43. The lowest BCUT2D eigenvalue weighted by molar-refractivity contribution is 0.0526. The van der Waals surface area contributed by atoms with Gasteiger partial charge in [0.2, 0.25) is 0 Å². The van der Waals surface area contributed by atoms with Crippen LogP contribution in [0.4, 0.5) is 9.59 Å². The van der Waals surface area contributed by atoms with Crippen LogP contribution in [-0.4, -0.2) is 43.0 Å². The summed E-state index contributed by atoms with van der Waals surface area (Å²) in [6.45, 7) is 6.93. The van der Waals surface area contributed by atoms with E-state index >= 15 is 0 Å². The number of ether oxygens (including phenoxy) is 2. The zero-order valence-corrected chi connectivity index (χ0v) is 15.7. The highest BCUT2D eigenvalue weighted by Gasteiger charge is 2.30. The van der Waals surface area contributed by atoms with Gasteiger partial charge in [-0.2, -0.15) is 0 Å². The van der Waals surface area contributed by atoms with E-state index in [2.05, 4.69) is 16.0 Å². The second-order valence-electron chi connectivity index (χ2n) is 7.45. The van der Waals surface area contributed by atoms with Crippen molar-refractivity contribution in [3.05, 3.63) is 35.9 Å². The Morgan fingerprint density at radius 3 is 2.38 bits per heavy atom. The van der Waals surface area contributed by atoms with E-state index < -0.39 is 11.7 Å². The number of rotatable bonds is 7. The predicted octanol–water partition coefficient (Wildman–Crippen LogP) is 2.56. The number of nitrogens with one attached hydrogen (secondary N) is 3. The van der Waals surface area contributed by atoms with E-state index in [1.54, 1.807) is 0 Å². The minimum atomic E-state index is -0.487. The molecule has 0 heterocycles. The first-order valence-electron chi connectivity index (χ1n) is 8.99. The van der Waals surface area contributed by atoms with Crippen molar-refractivity contribution >= 4 is 12.2 Å². The fraction of sp³-hybridized carbons (Fsp3) is 0.579. The third kappa shape index (κ3) is 7.74. The van der Waals surface area contributed by atoms with Crippen molar-refractivity contribution in [2.24, 2.45) is 0 Å². The van der Waals surface area contributed by atoms with Crippen molar-refractivity contribution in [2.45, 2.75) is 57.9 Å². The third-order valence-electron chi connectivity index (χ3n) is 3.90. The van der Waals surface area contributed by atoms with Crippen LogP contribution < -0.4 is 16.0 Å². The van der Waals surface area contributed by atoms with E-state index in [0.29, 0.717) is 19.1 Å². The lowest BCUT2D eigenvalue weighted by atomic mass is 9.87. The molecule has 1 aromatic rings. The first-order valence-corrected chi connectivity index (χ1v) is 8.99. The Morgan fingerprint density at radius 1 is 1.04 bits per heavy atom. The van der Waals surface area contributed by atoms with Crippen LogP contribution >= 0.6 is 0 Å². The van der Waals surface area contributed by atoms with Crippen molar-refractivity contribution in [3.8, 4) is 0 Å². The maximum absolute atomic E-state index is 11.8. The van der Waals surface area contributed by atoms with Gasteiger partial charge in [0.25, 0.3) is 0 Å². The first kappa shape index (κ1) is 20.0. The van der Waals surface area contributed by atoms with Gasteiger partial charge in [-0.05, 0) is 39.2 Å². The first-order chi connectivity index (χ1) is 12.3. The molecule has 7 nitrogen and oxygen atoms in total. The fourth-order valence-electron chi connectivity index (χ4n) is 2.59. The van der Waals surface area contributed by atoms with Gasteiger partial charge < -0.3 is 25.4 Å². The van der Waals surface area contributed by atoms with Crippen LogP contribution in [0.2, 0.25) is 0 Å². The van der Waals surface area contributed by atoms with Crippen LogP contribution in [0.15, 0.2) is 30.3 Å². The Morgan fingerprint density at radius 2 is 1.73 bits per heavy atom. The third-order valence-corrected chi connectivity index (χ3v) is 3.90. The molecule has 2 rings (SSSR count). The summed E-state index contributed by atoms with van der Waals surface area (Å²) in [5.74, 6) is 0. The van der Waals surface area contributed by atoms with E-state index in [-0.39, 0.29) is 18.7 Å². The van der Waals surface area contributed by atoms with E-state index in [0.717, 1.165) is 18.4 Å². The fourth-order valence-corrected chi connectivity index (χ4v) is 2.59. The minimum Gasteiger partial charge on any atom is -0.445 e. The number of hydrogen-bond acceptors (Lipinski definition) is 5. The van der Waals surface area contributed by atoms with Gasteiger partial charge in [0, 0.05) is 25.2 Å². The average molecular weight is 363 g/mol. The molecule has 0 unspecified atom stereocenters. The maximum atomic E-state index is 11.8. The molecule has 1 aliphatic rings. The topological polar surface area (TPSA) is 88.7 Å². The van der Waals surface area contributed by atoms with Crippen molar-refractivity contribution < 1.29 is 19.1 Å². The predicted molar refractivity (Wildman–Crippen MR) is 98.8 cm³/mol. The highest BCUT2D eigenvalue weighted by atomic mass is 16.6. The summed E-state index contributed by atoms with van der Waals surface area (Å²) < 4.78 is 10.4. The molecule has 0 radical (unpaired) electrons. The molecule has 0 atom stereocenters. The molecule has 1 aromatic carbocycles. The van der Waals surface area contributed by atoms with Crippen molar-refractivity contribution in [3.63, 3.8) is 0 Å². The van der Waals surface area contributed by atoms with E-state index in [9.17, 15) is 9.59 Å². The summed E-state index contributed by atoms with van der Waals surface area (Å²) in [4.78, 5) is 23.3. The summed E-state index contributed by atoms with van der Waals surface area (Å²) in [6, 6.07) is 10.1. The van der Waals surface area contributed by atoms with Crippen molar-refractivity contribution in [1.29, 1.82) is 0 Å². The van der Waals surface area contributed by atoms with Gasteiger partial charge in [0.1, 0.15) is 12.2 Å². The standard InChI is InChI=1S/C19H29N3O4/c1-19(2,3)26-17(23)21-10-9-20-15-11-16(12-15)22-18(24)25-13-14-7-5-4-6-8-14/h4-8,15-16,20H,9-13H2,1-3H3,(H,21,23)(H,22,24). The second-order valence-corrected chi connectivity index (χ2v) is 7.45. The number of benzene rings is 1. The lowest BCUT2D eigenvalue weighted by Gasteiger charge is -2.36. The highest BCUT2D eigenvalue weighted by Crippen LogP contribution is 2.19. The zero-order valence-electron chi connectivity index (χ0n) is 15.7. The summed E-state index contributed by atoms with van der Waals surface area (Å²) >= 11 is 0. The van der Waals surface area contributed by atoms with Crippen LogP contribution in [0, 0.1) is 0 Å². The van der Waals surface area contributed by atoms with Crippen LogP contribution in [0.3, 0.4) is 0 Å². The molecule has 1 aliphatic carbocycles. The smallest absolute Gasteiger partial charge is 0.407 e. The number of hydrogen-bond donors (Lipinski definition) is 3. The van der Waals surface area contributed by atoms with E-state index in [1.165, 1.54) is 0 Å². The van der Waals surface area contributed by atoms with E-state index in [4.69, 9.17) is 9.47 Å². The Balaban J connectivity index is 1.49. The number of carbonyl (C=O) groups is 2. The SMILES string of the molecule is CC(C)(C)OC(=O)NCCNC1CC(NC(=O)OCc2ccccc2)C1. The molecule has 0 saturated heterocycles. The molecule has 3 N–H and O–H groups in total. The van der Waals surface area contributed by atoms with Crippen LogP contribution in [0.25, 0.3) is 0 Å². The lowest BCUT2D eigenvalue weighted by Crippen LogP contribution is -2.53. The summed E-state index contributed by atoms with van der Waals surface area (Å²) in [7, 11) is 0. The molecule has 0 aliphatic heterocycles. The van der Waals surface area contributed by atoms with Gasteiger partial charge in [0.15, 0.2) is 0 Å². The molecule has 1 fully saturated rings. The number of carbonyl (C=O) groups excluding carboxylic acids is 2. The average Bonchev–Trinajstić information content (AvgIpc) is 2.53. The van der Waals surface area contributed by atoms with Gasteiger partial charge in [0.05, 0.1) is 0 Å². The van der Waals surface area contributed by atoms with Crippen LogP contribution in [0.5, 0.6) is 0 Å². The zero-order chi connectivity index (χ0) is 19.0. The van der Waals surface area contributed by atoms with Crippen LogP contribution in [-0.2, 0) is 16.1 Å². The molecular formula is C19H29N3O4. The number of alkyl carbamates (subject to hydrolysis) is 2. The van der Waals surface area contributed by atoms with Crippen LogP contribution in [0.1, 0.15) is 39.2 Å². The molecule has 1 saturated carbocycles. The van der Waals surface area contributed by atoms with Gasteiger partial charge in [-0.25, -0.2) is 9.59 Å². The Hall–Kier alpha value is -2.28. The number of amides is 2. The molecule has 7 heteroatoms. The summed E-state index contributed by atoms with van der Waals surface area (Å²) in [6.07, 6.45) is 0.914. The summed E-state index contributed by atoms with van der Waals surface area (Å²) in [5.41, 5.74) is 0.479. The van der Waals surface area contributed by atoms with Crippen molar-refractivity contribution in [2.75, 3.05) is 13.1 Å². The minimum absolute atomic E-state index is 0.134. The molecule has 144 valence electrons. The Kier molecular flexibility index (Phi) is 7.26. The molecule has 26 heavy (non-hydrogen) atoms. The maximum Gasteiger partial charge on any atom is 0.407 e. The highest BCUT2D eigenvalue weighted by molar-refractivity contribution is 5.68. The molecule has 0 bridgehead atoms. The van der Waals surface area contributed by atoms with Gasteiger partial charge >= 0.3 is 12.2 Å². The van der Waals surface area contributed by atoms with Gasteiger partial charge in [-0.3, -0.25) is 0 Å². The summed E-state index contributed by atoms with van der Waals surface area (Å²) in [5, 5.41) is 8.90. The van der Waals surface area contributed by atoms with Crippen molar-refractivity contribution in [1.82, 2.24) is 16.0 Å². The quantitative estimate of drug-likeness (QED) is 0.648. The normalized spacial score (nSPS) is 19.2. The van der Waals surface area contributed by atoms with Gasteiger partial charge in [-0.1, -0.05) is 30.3 Å².